The van der Waals surface area contributed by atoms with Gasteiger partial charge in [-0.25, -0.2) is 0 Å². The Morgan fingerprint density at radius 1 is 1.36 bits per heavy atom. The Morgan fingerprint density at radius 2 is 1.91 bits per heavy atom. The lowest BCUT2D eigenvalue weighted by atomic mass is 9.98. The summed E-state index contributed by atoms with van der Waals surface area (Å²) in [6.45, 7) is 1.05. The van der Waals surface area contributed by atoms with Gasteiger partial charge in [0.1, 0.15) is 18.3 Å². The number of aliphatic hydroxyl groups excluding tert-OH is 3. The van der Waals surface area contributed by atoms with Crippen LogP contribution < -0.4 is 0 Å². The highest BCUT2D eigenvalue weighted by Gasteiger charge is 2.44. The minimum atomic E-state index is -1.77. The third kappa shape index (κ3) is 1.52. The maximum absolute atomic E-state index is 9.19. The van der Waals surface area contributed by atoms with E-state index in [0.717, 1.165) is 0 Å². The van der Waals surface area contributed by atoms with E-state index < -0.39 is 24.1 Å². The van der Waals surface area contributed by atoms with Gasteiger partial charge in [0.25, 0.3) is 0 Å². The second-order valence-corrected chi connectivity index (χ2v) is 2.87. The average molecular weight is 164 g/mol. The molecule has 1 saturated heterocycles. The van der Waals surface area contributed by atoms with E-state index in [-0.39, 0.29) is 6.61 Å². The van der Waals surface area contributed by atoms with Gasteiger partial charge >= 0.3 is 0 Å². The third-order valence-electron chi connectivity index (χ3n) is 1.81. The van der Waals surface area contributed by atoms with Crippen LogP contribution in [0.4, 0.5) is 0 Å². The van der Waals surface area contributed by atoms with Crippen LogP contribution in [-0.4, -0.2) is 51.1 Å². The molecule has 11 heavy (non-hydrogen) atoms. The Labute approximate surface area is 63.8 Å². The van der Waals surface area contributed by atoms with Crippen molar-refractivity contribution >= 4 is 0 Å². The van der Waals surface area contributed by atoms with Crippen LogP contribution in [0.2, 0.25) is 0 Å². The van der Waals surface area contributed by atoms with Crippen molar-refractivity contribution in [3.63, 3.8) is 0 Å². The molecular formula is C6H12O5. The molecule has 66 valence electrons. The minimum Gasteiger partial charge on any atom is -0.388 e. The van der Waals surface area contributed by atoms with Gasteiger partial charge in [0.15, 0.2) is 5.79 Å². The van der Waals surface area contributed by atoms with Gasteiger partial charge in [-0.2, -0.15) is 0 Å². The van der Waals surface area contributed by atoms with E-state index in [2.05, 4.69) is 4.74 Å². The fourth-order valence-electron chi connectivity index (χ4n) is 0.965. The molecule has 1 heterocycles. The molecule has 0 aromatic rings. The number of hydrogen-bond donors (Lipinski definition) is 4. The van der Waals surface area contributed by atoms with Crippen LogP contribution in [0.1, 0.15) is 6.92 Å². The molecule has 0 aromatic heterocycles. The van der Waals surface area contributed by atoms with Crippen molar-refractivity contribution in [1.82, 2.24) is 0 Å². The van der Waals surface area contributed by atoms with Gasteiger partial charge in [-0.1, -0.05) is 0 Å². The largest absolute Gasteiger partial charge is 0.388 e. The van der Waals surface area contributed by atoms with Gasteiger partial charge in [0, 0.05) is 0 Å². The number of ether oxygens (including phenoxy) is 1. The molecule has 0 amide bonds. The van der Waals surface area contributed by atoms with E-state index in [1.165, 1.54) is 6.92 Å². The standard InChI is InChI=1S/C6H12O5/c1-6(10)5(9)4(8)3(7)2-11-6/h3-5,7-10H,2H2,1H3/t3-,4-,5+,6+/m1/s1. The molecule has 0 aliphatic carbocycles. The molecule has 4 N–H and O–H groups in total. The molecular weight excluding hydrogens is 152 g/mol. The van der Waals surface area contributed by atoms with Crippen molar-refractivity contribution in [2.45, 2.75) is 31.0 Å². The van der Waals surface area contributed by atoms with E-state index in [9.17, 15) is 5.11 Å². The highest BCUT2D eigenvalue weighted by Crippen LogP contribution is 2.22. The van der Waals surface area contributed by atoms with Gasteiger partial charge in [-0.3, -0.25) is 0 Å². The summed E-state index contributed by atoms with van der Waals surface area (Å²) in [5.74, 6) is -1.77. The van der Waals surface area contributed by atoms with E-state index >= 15 is 0 Å². The summed E-state index contributed by atoms with van der Waals surface area (Å²) in [5, 5.41) is 36.3. The summed E-state index contributed by atoms with van der Waals surface area (Å²) in [5.41, 5.74) is 0. The van der Waals surface area contributed by atoms with Gasteiger partial charge in [-0.05, 0) is 6.92 Å². The van der Waals surface area contributed by atoms with Crippen molar-refractivity contribution in [1.29, 1.82) is 0 Å². The quantitative estimate of drug-likeness (QED) is 0.326. The average Bonchev–Trinajstić information content (AvgIpc) is 1.95. The zero-order valence-electron chi connectivity index (χ0n) is 6.14. The summed E-state index contributed by atoms with van der Waals surface area (Å²) in [6.07, 6.45) is -3.95. The minimum absolute atomic E-state index is 0.175. The predicted molar refractivity (Wildman–Crippen MR) is 34.6 cm³/mol. The molecule has 0 aromatic carbocycles. The molecule has 0 bridgehead atoms. The van der Waals surface area contributed by atoms with Crippen LogP contribution in [0.15, 0.2) is 0 Å². The van der Waals surface area contributed by atoms with E-state index in [0.29, 0.717) is 0 Å². The first-order valence-electron chi connectivity index (χ1n) is 3.35. The van der Waals surface area contributed by atoms with Crippen molar-refractivity contribution in [3.05, 3.63) is 0 Å². The lowest BCUT2D eigenvalue weighted by Crippen LogP contribution is -2.59. The summed E-state index contributed by atoms with van der Waals surface area (Å²) < 4.78 is 4.66. The predicted octanol–water partition coefficient (Wildman–Crippen LogP) is -2.19. The summed E-state index contributed by atoms with van der Waals surface area (Å²) in [6, 6.07) is 0. The first-order valence-corrected chi connectivity index (χ1v) is 3.35. The lowest BCUT2D eigenvalue weighted by molar-refractivity contribution is -0.312. The Bertz CT molecular complexity index is 146. The SMILES string of the molecule is C[C@]1(O)OC[C@@H](O)[C@@H](O)[C@@H]1O. The van der Waals surface area contributed by atoms with Crippen molar-refractivity contribution in [2.24, 2.45) is 0 Å². The van der Waals surface area contributed by atoms with E-state index in [1.807, 2.05) is 0 Å². The molecule has 0 radical (unpaired) electrons. The monoisotopic (exact) mass is 164 g/mol. The molecule has 0 unspecified atom stereocenters. The molecule has 1 aliphatic rings. The number of hydrogen-bond acceptors (Lipinski definition) is 5. The highest BCUT2D eigenvalue weighted by atomic mass is 16.6. The normalized spacial score (nSPS) is 52.6. The molecule has 1 aliphatic heterocycles. The van der Waals surface area contributed by atoms with Gasteiger partial charge in [-0.15, -0.1) is 0 Å². The molecule has 4 atom stereocenters. The van der Waals surface area contributed by atoms with Crippen LogP contribution in [0.3, 0.4) is 0 Å². The fourth-order valence-corrected chi connectivity index (χ4v) is 0.965. The summed E-state index contributed by atoms with van der Waals surface area (Å²) >= 11 is 0. The Balaban J connectivity index is 2.67. The van der Waals surface area contributed by atoms with Crippen molar-refractivity contribution in [2.75, 3.05) is 6.61 Å². The molecule has 5 nitrogen and oxygen atoms in total. The Morgan fingerprint density at radius 3 is 2.36 bits per heavy atom. The third-order valence-corrected chi connectivity index (χ3v) is 1.81. The second-order valence-electron chi connectivity index (χ2n) is 2.87. The van der Waals surface area contributed by atoms with Crippen LogP contribution in [-0.2, 0) is 4.74 Å². The smallest absolute Gasteiger partial charge is 0.191 e. The van der Waals surface area contributed by atoms with Crippen LogP contribution in [0.25, 0.3) is 0 Å². The Kier molecular flexibility index (Phi) is 2.17. The molecule has 5 heteroatoms. The second kappa shape index (κ2) is 2.69. The number of aliphatic hydroxyl groups is 4. The zero-order chi connectivity index (χ0) is 8.65. The fraction of sp³-hybridized carbons (Fsp3) is 1.00. The molecule has 1 rings (SSSR count). The van der Waals surface area contributed by atoms with Gasteiger partial charge in [0.05, 0.1) is 6.61 Å². The van der Waals surface area contributed by atoms with E-state index in [1.54, 1.807) is 0 Å². The van der Waals surface area contributed by atoms with E-state index in [4.69, 9.17) is 15.3 Å². The zero-order valence-corrected chi connectivity index (χ0v) is 6.14. The van der Waals surface area contributed by atoms with Crippen LogP contribution in [0.5, 0.6) is 0 Å². The summed E-state index contributed by atoms with van der Waals surface area (Å²) in [7, 11) is 0. The first kappa shape index (κ1) is 8.89. The lowest BCUT2D eigenvalue weighted by Gasteiger charge is -2.39. The van der Waals surface area contributed by atoms with Crippen LogP contribution in [0, 0.1) is 0 Å². The number of rotatable bonds is 0. The maximum Gasteiger partial charge on any atom is 0.191 e. The van der Waals surface area contributed by atoms with Gasteiger partial charge < -0.3 is 25.2 Å². The summed E-state index contributed by atoms with van der Waals surface area (Å²) in [4.78, 5) is 0. The van der Waals surface area contributed by atoms with Crippen molar-refractivity contribution in [3.8, 4) is 0 Å². The molecule has 0 spiro atoms. The topological polar surface area (TPSA) is 90.2 Å². The Hall–Kier alpha value is -0.200. The van der Waals surface area contributed by atoms with Gasteiger partial charge in [0.2, 0.25) is 0 Å². The molecule has 1 fully saturated rings. The van der Waals surface area contributed by atoms with Crippen LogP contribution >= 0.6 is 0 Å². The molecule has 0 saturated carbocycles. The first-order chi connectivity index (χ1) is 4.95. The maximum atomic E-state index is 9.19. The highest BCUT2D eigenvalue weighted by molar-refractivity contribution is 4.88. The van der Waals surface area contributed by atoms with Crippen molar-refractivity contribution < 1.29 is 25.2 Å².